The van der Waals surface area contributed by atoms with Crippen LogP contribution >= 0.6 is 0 Å². The van der Waals surface area contributed by atoms with E-state index in [2.05, 4.69) is 25.8 Å². The minimum atomic E-state index is -3.29. The molecule has 1 aliphatic rings. The fraction of sp³-hybridized carbons (Fsp3) is 0.389. The van der Waals surface area contributed by atoms with Gasteiger partial charge in [-0.2, -0.15) is 0 Å². The Balaban J connectivity index is 1.72. The van der Waals surface area contributed by atoms with Crippen LogP contribution in [0, 0.1) is 0 Å². The molecular weight excluding hydrogens is 326 g/mol. The minimum Gasteiger partial charge on any atom is -0.454 e. The summed E-state index contributed by atoms with van der Waals surface area (Å²) in [6.45, 7) is 6.40. The van der Waals surface area contributed by atoms with E-state index in [0.717, 1.165) is 5.69 Å². The summed E-state index contributed by atoms with van der Waals surface area (Å²) in [5.74, 6) is 1.18. The monoisotopic (exact) mass is 347 g/mol. The molecule has 24 heavy (non-hydrogen) atoms. The average molecular weight is 347 g/mol. The molecule has 0 radical (unpaired) electrons. The Kier molecular flexibility index (Phi) is 4.25. The van der Waals surface area contributed by atoms with E-state index in [1.165, 1.54) is 0 Å². The molecule has 1 aromatic heterocycles. The number of nitrogens with zero attached hydrogens (tertiary/aromatic N) is 1. The lowest BCUT2D eigenvalue weighted by molar-refractivity contribution is 0.174. The molecule has 0 aliphatic carbocycles. The molecule has 0 saturated heterocycles. The quantitative estimate of drug-likeness (QED) is 0.849. The van der Waals surface area contributed by atoms with E-state index in [0.29, 0.717) is 22.6 Å². The molecule has 0 spiro atoms. The zero-order valence-electron chi connectivity index (χ0n) is 14.1. The largest absolute Gasteiger partial charge is 0.454 e. The molecule has 0 bridgehead atoms. The molecule has 2 heterocycles. The van der Waals surface area contributed by atoms with E-state index in [-0.39, 0.29) is 23.7 Å². The number of ether oxygens (including phenoxy) is 2. The summed E-state index contributed by atoms with van der Waals surface area (Å²) >= 11 is 0. The van der Waals surface area contributed by atoms with Crippen molar-refractivity contribution in [3.63, 3.8) is 0 Å². The van der Waals surface area contributed by atoms with Gasteiger partial charge in [0.1, 0.15) is 0 Å². The Morgan fingerprint density at radius 2 is 1.67 bits per heavy atom. The first-order valence-corrected chi connectivity index (χ1v) is 9.59. The second-order valence-corrected chi connectivity index (χ2v) is 9.09. The lowest BCUT2D eigenvalue weighted by Crippen LogP contribution is -2.14. The molecule has 0 N–H and O–H groups in total. The van der Waals surface area contributed by atoms with Gasteiger partial charge in [-0.1, -0.05) is 32.9 Å². The van der Waals surface area contributed by atoms with Crippen molar-refractivity contribution in [2.45, 2.75) is 37.7 Å². The van der Waals surface area contributed by atoms with Crippen LogP contribution < -0.4 is 9.47 Å². The number of pyridine rings is 1. The Labute approximate surface area is 142 Å². The molecule has 5 nitrogen and oxygen atoms in total. The maximum Gasteiger partial charge on any atom is 0.231 e. The van der Waals surface area contributed by atoms with Gasteiger partial charge in [0.25, 0.3) is 0 Å². The normalized spacial score (nSPS) is 14.0. The maximum atomic E-state index is 12.5. The third-order valence-electron chi connectivity index (χ3n) is 3.80. The van der Waals surface area contributed by atoms with Crippen molar-refractivity contribution in [3.8, 4) is 11.5 Å². The fourth-order valence-corrected chi connectivity index (χ4v) is 4.01. The predicted molar refractivity (Wildman–Crippen MR) is 91.8 cm³/mol. The highest BCUT2D eigenvalue weighted by atomic mass is 32.2. The lowest BCUT2D eigenvalue weighted by Gasteiger charge is -2.17. The minimum absolute atomic E-state index is 0.0289. The number of rotatable bonds is 4. The highest BCUT2D eigenvalue weighted by molar-refractivity contribution is 7.89. The molecule has 2 aromatic rings. The Morgan fingerprint density at radius 3 is 2.33 bits per heavy atom. The van der Waals surface area contributed by atoms with Crippen molar-refractivity contribution in [1.82, 2.24) is 4.98 Å². The first-order chi connectivity index (χ1) is 11.2. The molecule has 0 atom stereocenters. The van der Waals surface area contributed by atoms with Crippen molar-refractivity contribution in [2.75, 3.05) is 6.79 Å². The topological polar surface area (TPSA) is 65.5 Å². The van der Waals surface area contributed by atoms with Crippen LogP contribution in [-0.2, 0) is 26.8 Å². The SMILES string of the molecule is CC(C)(C)c1ccc(CS(=O)(=O)Cc2ccc3c(c2)OCO3)cn1. The van der Waals surface area contributed by atoms with Crippen LogP contribution in [0.2, 0.25) is 0 Å². The van der Waals surface area contributed by atoms with Crippen LogP contribution in [0.3, 0.4) is 0 Å². The van der Waals surface area contributed by atoms with Gasteiger partial charge in [-0.05, 0) is 29.3 Å². The van der Waals surface area contributed by atoms with Crippen molar-refractivity contribution in [3.05, 3.63) is 53.3 Å². The summed E-state index contributed by atoms with van der Waals surface area (Å²) in [6, 6.07) is 8.95. The van der Waals surface area contributed by atoms with E-state index >= 15 is 0 Å². The molecule has 0 unspecified atom stereocenters. The van der Waals surface area contributed by atoms with E-state index in [1.807, 2.05) is 12.1 Å². The van der Waals surface area contributed by atoms with Crippen molar-refractivity contribution >= 4 is 9.84 Å². The summed E-state index contributed by atoms with van der Waals surface area (Å²) in [6.07, 6.45) is 1.65. The number of aromatic nitrogens is 1. The van der Waals surface area contributed by atoms with Crippen molar-refractivity contribution < 1.29 is 17.9 Å². The molecule has 128 valence electrons. The zero-order chi connectivity index (χ0) is 17.4. The standard InChI is InChI=1S/C18H21NO4S/c1-18(2,3)17-7-5-14(9-19-17)11-24(20,21)10-13-4-6-15-16(8-13)23-12-22-15/h4-9H,10-12H2,1-3H3. The zero-order valence-corrected chi connectivity index (χ0v) is 14.9. The van der Waals surface area contributed by atoms with Crippen LogP contribution in [-0.4, -0.2) is 20.2 Å². The van der Waals surface area contributed by atoms with Gasteiger partial charge in [0.15, 0.2) is 21.3 Å². The van der Waals surface area contributed by atoms with E-state index < -0.39 is 9.84 Å². The first-order valence-electron chi connectivity index (χ1n) is 7.77. The van der Waals surface area contributed by atoms with Gasteiger partial charge in [-0.15, -0.1) is 0 Å². The van der Waals surface area contributed by atoms with E-state index in [9.17, 15) is 8.42 Å². The van der Waals surface area contributed by atoms with Crippen molar-refractivity contribution in [1.29, 1.82) is 0 Å². The lowest BCUT2D eigenvalue weighted by atomic mass is 9.91. The van der Waals surface area contributed by atoms with Gasteiger partial charge in [0.05, 0.1) is 11.5 Å². The summed E-state index contributed by atoms with van der Waals surface area (Å²) in [5, 5.41) is 0. The Bertz CT molecular complexity index is 836. The number of benzene rings is 1. The van der Waals surface area contributed by atoms with Crippen LogP contribution in [0.1, 0.15) is 37.6 Å². The number of hydrogen-bond donors (Lipinski definition) is 0. The van der Waals surface area contributed by atoms with E-state index in [1.54, 1.807) is 24.4 Å². The molecule has 1 aliphatic heterocycles. The smallest absolute Gasteiger partial charge is 0.231 e. The molecular formula is C18H21NO4S. The highest BCUT2D eigenvalue weighted by Gasteiger charge is 2.19. The molecule has 0 fully saturated rings. The summed E-state index contributed by atoms with van der Waals surface area (Å²) in [4.78, 5) is 4.39. The summed E-state index contributed by atoms with van der Waals surface area (Å²) in [5.41, 5.74) is 2.28. The van der Waals surface area contributed by atoms with Gasteiger partial charge < -0.3 is 9.47 Å². The second kappa shape index (κ2) is 6.09. The summed E-state index contributed by atoms with van der Waals surface area (Å²) in [7, 11) is -3.29. The second-order valence-electron chi connectivity index (χ2n) is 7.02. The highest BCUT2D eigenvalue weighted by Crippen LogP contribution is 2.33. The van der Waals surface area contributed by atoms with Gasteiger partial charge in [-0.3, -0.25) is 4.98 Å². The molecule has 0 amide bonds. The van der Waals surface area contributed by atoms with Crippen molar-refractivity contribution in [2.24, 2.45) is 0 Å². The molecule has 1 aromatic carbocycles. The third-order valence-corrected chi connectivity index (χ3v) is 5.35. The van der Waals surface area contributed by atoms with E-state index in [4.69, 9.17) is 9.47 Å². The molecule has 0 saturated carbocycles. The van der Waals surface area contributed by atoms with Gasteiger partial charge in [-0.25, -0.2) is 8.42 Å². The van der Waals surface area contributed by atoms with Crippen LogP contribution in [0.25, 0.3) is 0 Å². The van der Waals surface area contributed by atoms with Crippen LogP contribution in [0.15, 0.2) is 36.5 Å². The Hall–Kier alpha value is -2.08. The number of fused-ring (bicyclic) bond motifs is 1. The average Bonchev–Trinajstić information content (AvgIpc) is 2.93. The van der Waals surface area contributed by atoms with Gasteiger partial charge in [0.2, 0.25) is 6.79 Å². The molecule has 3 rings (SSSR count). The summed E-state index contributed by atoms with van der Waals surface area (Å²) < 4.78 is 35.4. The Morgan fingerprint density at radius 1 is 1.00 bits per heavy atom. The first kappa shape index (κ1) is 16.8. The van der Waals surface area contributed by atoms with Gasteiger partial charge in [0, 0.05) is 17.3 Å². The third kappa shape index (κ3) is 3.87. The predicted octanol–water partition coefficient (Wildman–Crippen LogP) is 3.22. The number of hydrogen-bond acceptors (Lipinski definition) is 5. The fourth-order valence-electron chi connectivity index (χ4n) is 2.54. The maximum absolute atomic E-state index is 12.5. The van der Waals surface area contributed by atoms with Gasteiger partial charge >= 0.3 is 0 Å². The number of sulfone groups is 1. The van der Waals surface area contributed by atoms with Crippen LogP contribution in [0.4, 0.5) is 0 Å². The van der Waals surface area contributed by atoms with Crippen LogP contribution in [0.5, 0.6) is 11.5 Å². The molecule has 6 heteroatoms.